The molecule has 0 aliphatic rings. The topological polar surface area (TPSA) is 0 Å². The molecular formula is C10H14Br2S. The van der Waals surface area contributed by atoms with E-state index in [9.17, 15) is 0 Å². The van der Waals surface area contributed by atoms with Crippen LogP contribution in [0.4, 0.5) is 0 Å². The van der Waals surface area contributed by atoms with Gasteiger partial charge in [0.1, 0.15) is 0 Å². The highest BCUT2D eigenvalue weighted by Gasteiger charge is 2.15. The molecule has 1 rings (SSSR count). The van der Waals surface area contributed by atoms with Gasteiger partial charge in [-0.25, -0.2) is 0 Å². The van der Waals surface area contributed by atoms with Gasteiger partial charge in [-0.2, -0.15) is 0 Å². The van der Waals surface area contributed by atoms with Crippen molar-refractivity contribution in [1.82, 2.24) is 0 Å². The third-order valence-corrected chi connectivity index (χ3v) is 5.60. The smallest absolute Gasteiger partial charge is 0.0319 e. The van der Waals surface area contributed by atoms with Gasteiger partial charge in [-0.1, -0.05) is 51.3 Å². The maximum absolute atomic E-state index is 3.73. The molecule has 2 atom stereocenters. The van der Waals surface area contributed by atoms with Crippen LogP contribution >= 0.6 is 43.2 Å². The molecular weight excluding hydrogens is 312 g/mol. The minimum atomic E-state index is 0.561. The second-order valence-electron chi connectivity index (χ2n) is 3.10. The zero-order valence-electron chi connectivity index (χ0n) is 7.67. The highest BCUT2D eigenvalue weighted by Crippen LogP contribution is 2.24. The van der Waals surface area contributed by atoms with Crippen LogP contribution in [0, 0.1) is 0 Å². The lowest BCUT2D eigenvalue weighted by Gasteiger charge is -2.14. The molecule has 1 aromatic rings. The molecule has 0 aliphatic carbocycles. The number of alkyl halides is 2. The van der Waals surface area contributed by atoms with Gasteiger partial charge in [0.25, 0.3) is 0 Å². The SMILES string of the molecule is CCCC(Br)C(Br)Cc1cccs1. The van der Waals surface area contributed by atoms with Crippen molar-refractivity contribution in [2.24, 2.45) is 0 Å². The Morgan fingerprint density at radius 3 is 2.69 bits per heavy atom. The van der Waals surface area contributed by atoms with Gasteiger partial charge in [-0.3, -0.25) is 0 Å². The summed E-state index contributed by atoms with van der Waals surface area (Å²) in [6.45, 7) is 2.22. The molecule has 0 N–H and O–H groups in total. The summed E-state index contributed by atoms with van der Waals surface area (Å²) in [7, 11) is 0. The number of halogens is 2. The van der Waals surface area contributed by atoms with Crippen molar-refractivity contribution in [3.8, 4) is 0 Å². The Morgan fingerprint density at radius 2 is 2.15 bits per heavy atom. The van der Waals surface area contributed by atoms with E-state index in [1.54, 1.807) is 0 Å². The minimum Gasteiger partial charge on any atom is -0.149 e. The number of hydrogen-bond donors (Lipinski definition) is 0. The van der Waals surface area contributed by atoms with E-state index in [1.165, 1.54) is 17.7 Å². The fourth-order valence-electron chi connectivity index (χ4n) is 1.21. The van der Waals surface area contributed by atoms with Crippen molar-refractivity contribution in [2.45, 2.75) is 35.8 Å². The molecule has 0 nitrogen and oxygen atoms in total. The van der Waals surface area contributed by atoms with Gasteiger partial charge >= 0.3 is 0 Å². The molecule has 1 heterocycles. The Balaban J connectivity index is 2.36. The summed E-state index contributed by atoms with van der Waals surface area (Å²) in [4.78, 5) is 2.62. The largest absolute Gasteiger partial charge is 0.149 e. The van der Waals surface area contributed by atoms with Crippen molar-refractivity contribution in [2.75, 3.05) is 0 Å². The first-order valence-electron chi connectivity index (χ1n) is 4.54. The molecule has 2 unspecified atom stereocenters. The number of thiophene rings is 1. The zero-order valence-corrected chi connectivity index (χ0v) is 11.7. The molecule has 0 bridgehead atoms. The third-order valence-electron chi connectivity index (χ3n) is 1.93. The first kappa shape index (κ1) is 11.7. The summed E-state index contributed by atoms with van der Waals surface area (Å²) in [5.74, 6) is 0. The molecule has 1 aromatic heterocycles. The van der Waals surface area contributed by atoms with Crippen LogP contribution in [-0.2, 0) is 6.42 Å². The predicted molar refractivity (Wildman–Crippen MR) is 68.4 cm³/mol. The second-order valence-corrected chi connectivity index (χ2v) is 6.49. The van der Waals surface area contributed by atoms with Crippen molar-refractivity contribution in [1.29, 1.82) is 0 Å². The molecule has 74 valence electrons. The van der Waals surface area contributed by atoms with E-state index >= 15 is 0 Å². The monoisotopic (exact) mass is 324 g/mol. The first-order chi connectivity index (χ1) is 6.24. The Bertz CT molecular complexity index is 221. The van der Waals surface area contributed by atoms with E-state index in [4.69, 9.17) is 0 Å². The van der Waals surface area contributed by atoms with E-state index in [-0.39, 0.29) is 0 Å². The van der Waals surface area contributed by atoms with Crippen LogP contribution in [0.25, 0.3) is 0 Å². The average molecular weight is 326 g/mol. The molecule has 13 heavy (non-hydrogen) atoms. The van der Waals surface area contributed by atoms with Gasteiger partial charge in [0, 0.05) is 14.5 Å². The van der Waals surface area contributed by atoms with Crippen molar-refractivity contribution >= 4 is 43.2 Å². The van der Waals surface area contributed by atoms with Gasteiger partial charge in [-0.15, -0.1) is 11.3 Å². The molecule has 0 saturated carbocycles. The molecule has 0 aromatic carbocycles. The van der Waals surface area contributed by atoms with Gasteiger partial charge in [0.2, 0.25) is 0 Å². The Kier molecular flexibility index (Phi) is 5.60. The van der Waals surface area contributed by atoms with Gasteiger partial charge in [0.15, 0.2) is 0 Å². The number of hydrogen-bond acceptors (Lipinski definition) is 1. The quantitative estimate of drug-likeness (QED) is 0.693. The highest BCUT2D eigenvalue weighted by molar-refractivity contribution is 9.12. The highest BCUT2D eigenvalue weighted by atomic mass is 79.9. The summed E-state index contributed by atoms with van der Waals surface area (Å²) in [6.07, 6.45) is 3.61. The van der Waals surface area contributed by atoms with E-state index in [0.29, 0.717) is 9.65 Å². The Hall–Kier alpha value is 0.660. The molecule has 0 radical (unpaired) electrons. The lowest BCUT2D eigenvalue weighted by molar-refractivity contribution is 0.717. The maximum Gasteiger partial charge on any atom is 0.0319 e. The van der Waals surface area contributed by atoms with Crippen molar-refractivity contribution in [3.05, 3.63) is 22.4 Å². The first-order valence-corrected chi connectivity index (χ1v) is 7.25. The maximum atomic E-state index is 3.73. The van der Waals surface area contributed by atoms with Crippen LogP contribution < -0.4 is 0 Å². The summed E-state index contributed by atoms with van der Waals surface area (Å²) in [6, 6.07) is 4.31. The minimum absolute atomic E-state index is 0.561. The van der Waals surface area contributed by atoms with Gasteiger partial charge < -0.3 is 0 Å². The standard InChI is InChI=1S/C10H14Br2S/c1-2-4-9(11)10(12)7-8-5-3-6-13-8/h3,5-6,9-10H,2,4,7H2,1H3. The van der Waals surface area contributed by atoms with E-state index in [0.717, 1.165) is 6.42 Å². The van der Waals surface area contributed by atoms with Gasteiger partial charge in [-0.05, 0) is 24.3 Å². The van der Waals surface area contributed by atoms with E-state index < -0.39 is 0 Å². The van der Waals surface area contributed by atoms with Crippen LogP contribution in [0.15, 0.2) is 17.5 Å². The lowest BCUT2D eigenvalue weighted by atomic mass is 10.1. The van der Waals surface area contributed by atoms with Crippen LogP contribution in [0.2, 0.25) is 0 Å². The number of rotatable bonds is 5. The molecule has 0 amide bonds. The molecule has 3 heteroatoms. The molecule has 0 aliphatic heterocycles. The predicted octanol–water partition coefficient (Wildman–Crippen LogP) is 4.62. The fourth-order valence-corrected chi connectivity index (χ4v) is 3.44. The van der Waals surface area contributed by atoms with Crippen LogP contribution in [0.3, 0.4) is 0 Å². The van der Waals surface area contributed by atoms with Crippen molar-refractivity contribution < 1.29 is 0 Å². The summed E-state index contributed by atoms with van der Waals surface area (Å²) >= 11 is 9.27. The third kappa shape index (κ3) is 4.13. The summed E-state index contributed by atoms with van der Waals surface area (Å²) < 4.78 is 0. The average Bonchev–Trinajstić information content (AvgIpc) is 2.57. The second kappa shape index (κ2) is 6.20. The van der Waals surface area contributed by atoms with Crippen molar-refractivity contribution in [3.63, 3.8) is 0 Å². The van der Waals surface area contributed by atoms with E-state index in [1.807, 2.05) is 11.3 Å². The Labute approximate surface area is 101 Å². The zero-order chi connectivity index (χ0) is 9.68. The Morgan fingerprint density at radius 1 is 1.38 bits per heavy atom. The molecule has 0 saturated heterocycles. The van der Waals surface area contributed by atoms with Crippen LogP contribution in [0.1, 0.15) is 24.6 Å². The van der Waals surface area contributed by atoms with Crippen LogP contribution in [0.5, 0.6) is 0 Å². The normalized spacial score (nSPS) is 15.6. The summed E-state index contributed by atoms with van der Waals surface area (Å²) in [5, 5.41) is 2.14. The van der Waals surface area contributed by atoms with Gasteiger partial charge in [0.05, 0.1) is 0 Å². The molecule has 0 spiro atoms. The van der Waals surface area contributed by atoms with E-state index in [2.05, 4.69) is 56.3 Å². The lowest BCUT2D eigenvalue weighted by Crippen LogP contribution is -2.15. The summed E-state index contributed by atoms with van der Waals surface area (Å²) in [5.41, 5.74) is 0. The van der Waals surface area contributed by atoms with Crippen LogP contribution in [-0.4, -0.2) is 9.65 Å². The molecule has 0 fully saturated rings. The fraction of sp³-hybridized carbons (Fsp3) is 0.600.